The summed E-state index contributed by atoms with van der Waals surface area (Å²) in [6.45, 7) is 4.20. The number of rotatable bonds is 4. The SMILES string of the molecule is CC[C@]1(C)Cc2ccccc2-c2nc(SCC(N)=O)[nH]c(=O)c21. The van der Waals surface area contributed by atoms with E-state index in [1.807, 2.05) is 18.2 Å². The number of hydrogen-bond acceptors (Lipinski definition) is 4. The van der Waals surface area contributed by atoms with Crippen LogP contribution in [0, 0.1) is 0 Å². The summed E-state index contributed by atoms with van der Waals surface area (Å²) in [4.78, 5) is 31.1. The van der Waals surface area contributed by atoms with Crippen molar-refractivity contribution in [3.63, 3.8) is 0 Å². The Bertz CT molecular complexity index is 831. The Labute approximate surface area is 138 Å². The highest BCUT2D eigenvalue weighted by atomic mass is 32.2. The predicted octanol–water partition coefficient (Wildman–Crippen LogP) is 2.24. The molecule has 0 unspecified atom stereocenters. The Hall–Kier alpha value is -2.08. The number of nitrogens with zero attached hydrogens (tertiary/aromatic N) is 1. The molecule has 3 rings (SSSR count). The predicted molar refractivity (Wildman–Crippen MR) is 91.6 cm³/mol. The summed E-state index contributed by atoms with van der Waals surface area (Å²) in [7, 11) is 0. The number of benzene rings is 1. The number of nitrogens with two attached hydrogens (primary N) is 1. The van der Waals surface area contributed by atoms with Gasteiger partial charge in [-0.25, -0.2) is 4.98 Å². The molecule has 0 radical (unpaired) electrons. The van der Waals surface area contributed by atoms with E-state index in [-0.39, 0.29) is 16.7 Å². The number of nitrogens with one attached hydrogen (secondary N) is 1. The minimum Gasteiger partial charge on any atom is -0.369 e. The minimum atomic E-state index is -0.436. The molecule has 5 nitrogen and oxygen atoms in total. The molecule has 0 saturated carbocycles. The fourth-order valence-corrected chi connectivity index (χ4v) is 3.73. The zero-order valence-electron chi connectivity index (χ0n) is 13.2. The molecule has 1 atom stereocenters. The Morgan fingerprint density at radius 1 is 1.43 bits per heavy atom. The summed E-state index contributed by atoms with van der Waals surface area (Å²) in [5.74, 6) is -0.344. The molecule has 1 aromatic heterocycles. The highest BCUT2D eigenvalue weighted by molar-refractivity contribution is 7.99. The summed E-state index contributed by atoms with van der Waals surface area (Å²) >= 11 is 1.16. The van der Waals surface area contributed by atoms with E-state index in [0.717, 1.165) is 41.4 Å². The fourth-order valence-electron chi connectivity index (χ4n) is 3.13. The number of fused-ring (bicyclic) bond motifs is 3. The van der Waals surface area contributed by atoms with Crippen LogP contribution in [-0.2, 0) is 16.6 Å². The molecule has 0 saturated heterocycles. The molecule has 23 heavy (non-hydrogen) atoms. The van der Waals surface area contributed by atoms with Gasteiger partial charge in [0.15, 0.2) is 5.16 Å². The summed E-state index contributed by atoms with van der Waals surface area (Å²) in [5, 5.41) is 0.433. The summed E-state index contributed by atoms with van der Waals surface area (Å²) in [6.07, 6.45) is 1.68. The van der Waals surface area contributed by atoms with Crippen LogP contribution in [-0.4, -0.2) is 21.6 Å². The molecule has 2 aromatic rings. The van der Waals surface area contributed by atoms with Crippen LogP contribution in [0.2, 0.25) is 0 Å². The number of H-pyrrole nitrogens is 1. The molecule has 3 N–H and O–H groups in total. The molecule has 1 amide bonds. The standard InChI is InChI=1S/C17H19N3O2S/c1-3-17(2)8-10-6-4-5-7-11(10)14-13(17)15(22)20-16(19-14)23-9-12(18)21/h4-7H,3,8-9H2,1-2H3,(H2,18,21)(H,19,20,22)/t17-/m1/s1. The number of primary amides is 1. The first-order chi connectivity index (χ1) is 10.9. The highest BCUT2D eigenvalue weighted by Crippen LogP contribution is 2.42. The lowest BCUT2D eigenvalue weighted by Crippen LogP contribution is -2.36. The van der Waals surface area contributed by atoms with Crippen molar-refractivity contribution in [3.8, 4) is 11.3 Å². The second-order valence-corrected chi connectivity index (χ2v) is 7.06. The first-order valence-electron chi connectivity index (χ1n) is 7.59. The normalized spacial score (nSPS) is 19.0. The van der Waals surface area contributed by atoms with Gasteiger partial charge >= 0.3 is 0 Å². The first-order valence-corrected chi connectivity index (χ1v) is 8.57. The number of carbonyl (C=O) groups is 1. The van der Waals surface area contributed by atoms with E-state index >= 15 is 0 Å². The summed E-state index contributed by atoms with van der Waals surface area (Å²) in [6, 6.07) is 8.05. The number of aromatic amines is 1. The number of amides is 1. The van der Waals surface area contributed by atoms with Gasteiger partial charge in [-0.1, -0.05) is 49.9 Å². The van der Waals surface area contributed by atoms with Crippen LogP contribution in [0.15, 0.2) is 34.2 Å². The van der Waals surface area contributed by atoms with Gasteiger partial charge in [0, 0.05) is 16.5 Å². The van der Waals surface area contributed by atoms with Gasteiger partial charge in [-0.15, -0.1) is 0 Å². The van der Waals surface area contributed by atoms with Crippen LogP contribution in [0.1, 0.15) is 31.4 Å². The Morgan fingerprint density at radius 3 is 2.87 bits per heavy atom. The molecule has 0 aliphatic heterocycles. The Morgan fingerprint density at radius 2 is 2.17 bits per heavy atom. The molecule has 1 aliphatic carbocycles. The van der Waals surface area contributed by atoms with Gasteiger partial charge in [-0.05, 0) is 18.4 Å². The van der Waals surface area contributed by atoms with Crippen LogP contribution < -0.4 is 11.3 Å². The van der Waals surface area contributed by atoms with E-state index in [0.29, 0.717) is 5.16 Å². The lowest BCUT2D eigenvalue weighted by molar-refractivity contribution is -0.115. The number of aromatic nitrogens is 2. The number of hydrogen-bond donors (Lipinski definition) is 2. The smallest absolute Gasteiger partial charge is 0.255 e. The van der Waals surface area contributed by atoms with Gasteiger partial charge in [0.2, 0.25) is 5.91 Å². The monoisotopic (exact) mass is 329 g/mol. The first kappa shape index (κ1) is 15.8. The van der Waals surface area contributed by atoms with E-state index in [1.54, 1.807) is 0 Å². The van der Waals surface area contributed by atoms with Crippen LogP contribution in [0.4, 0.5) is 0 Å². The van der Waals surface area contributed by atoms with Gasteiger partial charge < -0.3 is 10.7 Å². The molecular formula is C17H19N3O2S. The van der Waals surface area contributed by atoms with Crippen molar-refractivity contribution in [2.45, 2.75) is 37.3 Å². The van der Waals surface area contributed by atoms with Crippen molar-refractivity contribution >= 4 is 17.7 Å². The maximum Gasteiger partial charge on any atom is 0.255 e. The van der Waals surface area contributed by atoms with Gasteiger partial charge in [0.25, 0.3) is 5.56 Å². The maximum atomic E-state index is 12.7. The third-order valence-corrected chi connectivity index (χ3v) is 5.38. The zero-order valence-corrected chi connectivity index (χ0v) is 14.0. The van der Waals surface area contributed by atoms with E-state index < -0.39 is 5.91 Å². The van der Waals surface area contributed by atoms with Crippen LogP contribution in [0.5, 0.6) is 0 Å². The van der Waals surface area contributed by atoms with Gasteiger partial charge in [-0.3, -0.25) is 9.59 Å². The van der Waals surface area contributed by atoms with Gasteiger partial charge in [0.1, 0.15) is 0 Å². The van der Waals surface area contributed by atoms with Crippen molar-refractivity contribution in [2.24, 2.45) is 5.73 Å². The van der Waals surface area contributed by atoms with Crippen LogP contribution in [0.25, 0.3) is 11.3 Å². The molecule has 0 fully saturated rings. The van der Waals surface area contributed by atoms with Crippen molar-refractivity contribution in [1.82, 2.24) is 9.97 Å². The van der Waals surface area contributed by atoms with Gasteiger partial charge in [-0.2, -0.15) is 0 Å². The largest absolute Gasteiger partial charge is 0.369 e. The quantitative estimate of drug-likeness (QED) is 0.665. The highest BCUT2D eigenvalue weighted by Gasteiger charge is 2.37. The third kappa shape index (κ3) is 2.79. The Kier molecular flexibility index (Phi) is 4.02. The molecule has 6 heteroatoms. The summed E-state index contributed by atoms with van der Waals surface area (Å²) < 4.78 is 0. The van der Waals surface area contributed by atoms with Crippen LogP contribution >= 0.6 is 11.8 Å². The fraction of sp³-hybridized carbons (Fsp3) is 0.353. The molecule has 1 aliphatic rings. The van der Waals surface area contributed by atoms with Crippen molar-refractivity contribution in [1.29, 1.82) is 0 Å². The second kappa shape index (κ2) is 5.85. The average molecular weight is 329 g/mol. The topological polar surface area (TPSA) is 88.8 Å². The maximum absolute atomic E-state index is 12.7. The minimum absolute atomic E-state index is 0.0917. The van der Waals surface area contributed by atoms with Gasteiger partial charge in [0.05, 0.1) is 11.4 Å². The van der Waals surface area contributed by atoms with E-state index in [9.17, 15) is 9.59 Å². The molecule has 0 spiro atoms. The second-order valence-electron chi connectivity index (χ2n) is 6.10. The van der Waals surface area contributed by atoms with E-state index in [1.165, 1.54) is 5.56 Å². The molecular weight excluding hydrogens is 310 g/mol. The lowest BCUT2D eigenvalue weighted by atomic mass is 9.69. The van der Waals surface area contributed by atoms with E-state index in [4.69, 9.17) is 5.73 Å². The third-order valence-electron chi connectivity index (χ3n) is 4.49. The molecule has 120 valence electrons. The number of thioether (sulfide) groups is 1. The average Bonchev–Trinajstić information content (AvgIpc) is 2.52. The zero-order chi connectivity index (χ0) is 16.6. The molecule has 0 bridgehead atoms. The summed E-state index contributed by atoms with van der Waals surface area (Å²) in [5.41, 5.74) is 8.48. The molecule has 1 aromatic carbocycles. The van der Waals surface area contributed by atoms with E-state index in [2.05, 4.69) is 29.9 Å². The number of carbonyl (C=O) groups excluding carboxylic acids is 1. The Balaban J connectivity index is 2.20. The van der Waals surface area contributed by atoms with Crippen LogP contribution in [0.3, 0.4) is 0 Å². The van der Waals surface area contributed by atoms with Crippen molar-refractivity contribution < 1.29 is 4.79 Å². The van der Waals surface area contributed by atoms with Crippen molar-refractivity contribution in [3.05, 3.63) is 45.7 Å². The molecule has 1 heterocycles. The lowest BCUT2D eigenvalue weighted by Gasteiger charge is -2.34. The van der Waals surface area contributed by atoms with Crippen molar-refractivity contribution in [2.75, 3.05) is 5.75 Å².